The molecule has 0 bridgehead atoms. The molecule has 21 heavy (non-hydrogen) atoms. The van der Waals surface area contributed by atoms with Crippen LogP contribution in [0, 0.1) is 13.8 Å². The van der Waals surface area contributed by atoms with Gasteiger partial charge in [0, 0.05) is 4.47 Å². The molecule has 106 valence electrons. The highest BCUT2D eigenvalue weighted by Crippen LogP contribution is 2.32. The first-order valence-corrected chi connectivity index (χ1v) is 8.18. The summed E-state index contributed by atoms with van der Waals surface area (Å²) < 4.78 is 1.10. The molecule has 3 rings (SSSR count). The fraction of sp³-hybridized carbons (Fsp3) is 0.158. The standard InChI is InChI=1S/C19H16BrCl/c1-12-3-4-16(9-13(12)2)19(21)17-6-5-15-11-18(20)8-7-14(15)10-17/h3-11,19H,1-2H3. The van der Waals surface area contributed by atoms with E-state index in [-0.39, 0.29) is 5.38 Å². The first kappa shape index (κ1) is 14.6. The summed E-state index contributed by atoms with van der Waals surface area (Å²) in [5.74, 6) is 0. The Balaban J connectivity index is 2.02. The number of aryl methyl sites for hydroxylation is 2. The van der Waals surface area contributed by atoms with E-state index < -0.39 is 0 Å². The van der Waals surface area contributed by atoms with Crippen LogP contribution in [-0.4, -0.2) is 0 Å². The summed E-state index contributed by atoms with van der Waals surface area (Å²) in [6.45, 7) is 4.25. The van der Waals surface area contributed by atoms with Crippen LogP contribution >= 0.6 is 27.5 Å². The number of halogens is 2. The van der Waals surface area contributed by atoms with Crippen molar-refractivity contribution in [1.29, 1.82) is 0 Å². The van der Waals surface area contributed by atoms with Crippen LogP contribution < -0.4 is 0 Å². The van der Waals surface area contributed by atoms with Gasteiger partial charge in [0.1, 0.15) is 0 Å². The van der Waals surface area contributed by atoms with Crippen LogP contribution in [0.2, 0.25) is 0 Å². The van der Waals surface area contributed by atoms with E-state index >= 15 is 0 Å². The van der Waals surface area contributed by atoms with Crippen molar-refractivity contribution in [3.05, 3.63) is 81.3 Å². The number of hydrogen-bond acceptors (Lipinski definition) is 0. The van der Waals surface area contributed by atoms with Crippen molar-refractivity contribution in [2.75, 3.05) is 0 Å². The van der Waals surface area contributed by atoms with Gasteiger partial charge in [0.25, 0.3) is 0 Å². The van der Waals surface area contributed by atoms with Crippen LogP contribution in [0.4, 0.5) is 0 Å². The molecule has 0 aromatic heterocycles. The van der Waals surface area contributed by atoms with E-state index in [2.05, 4.69) is 84.4 Å². The SMILES string of the molecule is Cc1ccc(C(Cl)c2ccc3cc(Br)ccc3c2)cc1C. The van der Waals surface area contributed by atoms with Gasteiger partial charge in [0.05, 0.1) is 5.38 Å². The lowest BCUT2D eigenvalue weighted by Gasteiger charge is -2.13. The van der Waals surface area contributed by atoms with Crippen LogP contribution in [0.25, 0.3) is 10.8 Å². The number of fused-ring (bicyclic) bond motifs is 1. The fourth-order valence-electron chi connectivity index (χ4n) is 2.51. The number of alkyl halides is 1. The summed E-state index contributed by atoms with van der Waals surface area (Å²) >= 11 is 10.2. The summed E-state index contributed by atoms with van der Waals surface area (Å²) in [5, 5.41) is 2.32. The number of hydrogen-bond donors (Lipinski definition) is 0. The zero-order valence-corrected chi connectivity index (χ0v) is 14.4. The van der Waals surface area contributed by atoms with Crippen molar-refractivity contribution in [2.24, 2.45) is 0 Å². The molecule has 3 aromatic carbocycles. The second-order valence-corrected chi connectivity index (χ2v) is 6.81. The van der Waals surface area contributed by atoms with Gasteiger partial charge in [0.2, 0.25) is 0 Å². The fourth-order valence-corrected chi connectivity index (χ4v) is 3.16. The van der Waals surface area contributed by atoms with Crippen molar-refractivity contribution in [2.45, 2.75) is 19.2 Å². The van der Waals surface area contributed by atoms with Crippen molar-refractivity contribution < 1.29 is 0 Å². The smallest absolute Gasteiger partial charge is 0.0835 e. The Kier molecular flexibility index (Phi) is 4.05. The van der Waals surface area contributed by atoms with Crippen LogP contribution in [-0.2, 0) is 0 Å². The molecular weight excluding hydrogens is 344 g/mol. The van der Waals surface area contributed by atoms with Gasteiger partial charge in [-0.05, 0) is 65.1 Å². The summed E-state index contributed by atoms with van der Waals surface area (Å²) in [6.07, 6.45) is 0. The molecule has 3 aromatic rings. The van der Waals surface area contributed by atoms with Crippen LogP contribution in [0.1, 0.15) is 27.6 Å². The highest BCUT2D eigenvalue weighted by Gasteiger charge is 2.12. The molecule has 0 aliphatic carbocycles. The molecule has 0 aliphatic heterocycles. The zero-order chi connectivity index (χ0) is 15.0. The third kappa shape index (κ3) is 3.00. The maximum atomic E-state index is 6.68. The molecule has 0 aliphatic rings. The molecule has 1 atom stereocenters. The molecule has 2 heteroatoms. The predicted octanol–water partition coefficient (Wildman–Crippen LogP) is 6.55. The molecule has 0 nitrogen and oxygen atoms in total. The first-order valence-electron chi connectivity index (χ1n) is 6.95. The first-order chi connectivity index (χ1) is 10.0. The Morgan fingerprint density at radius 3 is 2.14 bits per heavy atom. The van der Waals surface area contributed by atoms with E-state index in [0.29, 0.717) is 0 Å². The molecule has 0 spiro atoms. The molecule has 0 fully saturated rings. The highest BCUT2D eigenvalue weighted by molar-refractivity contribution is 9.10. The lowest BCUT2D eigenvalue weighted by Crippen LogP contribution is -1.95. The second-order valence-electron chi connectivity index (χ2n) is 5.46. The molecule has 0 saturated heterocycles. The molecule has 0 amide bonds. The maximum absolute atomic E-state index is 6.68. The molecular formula is C19H16BrCl. The molecule has 0 N–H and O–H groups in total. The van der Waals surface area contributed by atoms with Gasteiger partial charge in [-0.1, -0.05) is 52.3 Å². The summed E-state index contributed by atoms with van der Waals surface area (Å²) in [6, 6.07) is 19.2. The maximum Gasteiger partial charge on any atom is 0.0835 e. The summed E-state index contributed by atoms with van der Waals surface area (Å²) in [7, 11) is 0. The molecule has 0 heterocycles. The van der Waals surface area contributed by atoms with E-state index in [1.807, 2.05) is 0 Å². The quantitative estimate of drug-likeness (QED) is 0.455. The van der Waals surface area contributed by atoms with Crippen molar-refractivity contribution >= 4 is 38.3 Å². The number of rotatable bonds is 2. The summed E-state index contributed by atoms with van der Waals surface area (Å²) in [4.78, 5) is 0. The van der Waals surface area contributed by atoms with Gasteiger partial charge in [-0.25, -0.2) is 0 Å². The molecule has 1 unspecified atom stereocenters. The Bertz CT molecular complexity index is 808. The normalized spacial score (nSPS) is 12.6. The van der Waals surface area contributed by atoms with Crippen molar-refractivity contribution in [1.82, 2.24) is 0 Å². The topological polar surface area (TPSA) is 0 Å². The van der Waals surface area contributed by atoms with Crippen LogP contribution in [0.3, 0.4) is 0 Å². The Morgan fingerprint density at radius 2 is 1.38 bits per heavy atom. The van der Waals surface area contributed by atoms with Gasteiger partial charge in [-0.15, -0.1) is 11.6 Å². The van der Waals surface area contributed by atoms with Gasteiger partial charge in [-0.3, -0.25) is 0 Å². The lowest BCUT2D eigenvalue weighted by molar-refractivity contribution is 1.13. The van der Waals surface area contributed by atoms with Crippen LogP contribution in [0.15, 0.2) is 59.1 Å². The minimum absolute atomic E-state index is 0.114. The van der Waals surface area contributed by atoms with E-state index in [9.17, 15) is 0 Å². The van der Waals surface area contributed by atoms with Gasteiger partial charge in [-0.2, -0.15) is 0 Å². The van der Waals surface area contributed by atoms with Crippen molar-refractivity contribution in [3.63, 3.8) is 0 Å². The average molecular weight is 360 g/mol. The highest BCUT2D eigenvalue weighted by atomic mass is 79.9. The third-order valence-electron chi connectivity index (χ3n) is 3.94. The van der Waals surface area contributed by atoms with E-state index in [0.717, 1.165) is 15.6 Å². The monoisotopic (exact) mass is 358 g/mol. The lowest BCUT2D eigenvalue weighted by atomic mass is 9.98. The minimum atomic E-state index is -0.114. The van der Waals surface area contributed by atoms with Gasteiger partial charge < -0.3 is 0 Å². The van der Waals surface area contributed by atoms with E-state index in [1.54, 1.807) is 0 Å². The number of benzene rings is 3. The third-order valence-corrected chi connectivity index (χ3v) is 4.94. The zero-order valence-electron chi connectivity index (χ0n) is 12.0. The van der Waals surface area contributed by atoms with Gasteiger partial charge in [0.15, 0.2) is 0 Å². The Morgan fingerprint density at radius 1 is 0.762 bits per heavy atom. The summed E-state index contributed by atoms with van der Waals surface area (Å²) in [5.41, 5.74) is 4.86. The predicted molar refractivity (Wildman–Crippen MR) is 95.3 cm³/mol. The van der Waals surface area contributed by atoms with Crippen molar-refractivity contribution in [3.8, 4) is 0 Å². The second kappa shape index (κ2) is 5.82. The molecule has 0 saturated carbocycles. The largest absolute Gasteiger partial charge is 0.113 e. The average Bonchev–Trinajstić information content (AvgIpc) is 2.49. The Hall–Kier alpha value is -1.31. The molecule has 0 radical (unpaired) electrons. The Labute approximate surface area is 138 Å². The van der Waals surface area contributed by atoms with E-state index in [1.165, 1.54) is 21.9 Å². The van der Waals surface area contributed by atoms with E-state index in [4.69, 9.17) is 11.6 Å². The van der Waals surface area contributed by atoms with Gasteiger partial charge >= 0.3 is 0 Å². The van der Waals surface area contributed by atoms with Crippen LogP contribution in [0.5, 0.6) is 0 Å². The minimum Gasteiger partial charge on any atom is -0.113 e.